The van der Waals surface area contributed by atoms with Crippen LogP contribution >= 0.6 is 0 Å². The van der Waals surface area contributed by atoms with Crippen LogP contribution in [0.3, 0.4) is 0 Å². The molecule has 21 heavy (non-hydrogen) atoms. The van der Waals surface area contributed by atoms with Gasteiger partial charge in [-0.3, -0.25) is 15.0 Å². The minimum atomic E-state index is -0.172. The molecule has 0 bridgehead atoms. The Balaban J connectivity index is 2.04. The van der Waals surface area contributed by atoms with E-state index in [1.54, 1.807) is 34.1 Å². The Kier molecular flexibility index (Phi) is 4.42. The smallest absolute Gasteiger partial charge is 0.254 e. The molecular weight excluding hydrogens is 270 g/mol. The van der Waals surface area contributed by atoms with Crippen molar-refractivity contribution in [3.63, 3.8) is 0 Å². The first-order valence-electron chi connectivity index (χ1n) is 6.73. The number of hydrogen-bond donors (Lipinski definition) is 3. The second kappa shape index (κ2) is 6.25. The van der Waals surface area contributed by atoms with Gasteiger partial charge in [-0.2, -0.15) is 0 Å². The van der Waals surface area contributed by atoms with Crippen molar-refractivity contribution >= 4 is 23.5 Å². The third-order valence-electron chi connectivity index (χ3n) is 3.40. The Bertz CT molecular complexity index is 564. The van der Waals surface area contributed by atoms with E-state index in [4.69, 9.17) is 11.1 Å². The highest BCUT2D eigenvalue weighted by Crippen LogP contribution is 2.14. The van der Waals surface area contributed by atoms with E-state index in [0.29, 0.717) is 37.4 Å². The van der Waals surface area contributed by atoms with Crippen LogP contribution in [0.4, 0.5) is 5.69 Å². The maximum Gasteiger partial charge on any atom is 0.254 e. The van der Waals surface area contributed by atoms with Crippen molar-refractivity contribution in [2.45, 2.75) is 6.92 Å². The van der Waals surface area contributed by atoms with Crippen LogP contribution in [0.2, 0.25) is 0 Å². The molecule has 7 heteroatoms. The lowest BCUT2D eigenvalue weighted by molar-refractivity contribution is -0.130. The first kappa shape index (κ1) is 14.8. The van der Waals surface area contributed by atoms with E-state index in [2.05, 4.69) is 5.32 Å². The lowest BCUT2D eigenvalue weighted by Gasteiger charge is -2.34. The van der Waals surface area contributed by atoms with E-state index < -0.39 is 0 Å². The normalized spacial score (nSPS) is 14.7. The van der Waals surface area contributed by atoms with Gasteiger partial charge in [0.1, 0.15) is 0 Å². The zero-order valence-corrected chi connectivity index (χ0v) is 11.9. The molecule has 0 saturated carbocycles. The molecule has 1 aromatic carbocycles. The molecule has 0 unspecified atom stereocenters. The summed E-state index contributed by atoms with van der Waals surface area (Å²) in [5.41, 5.74) is 6.42. The van der Waals surface area contributed by atoms with Gasteiger partial charge in [-0.1, -0.05) is 6.07 Å². The quantitative estimate of drug-likeness (QED) is 0.538. The predicted molar refractivity (Wildman–Crippen MR) is 80.1 cm³/mol. The Hall–Kier alpha value is -2.57. The number of guanidine groups is 1. The van der Waals surface area contributed by atoms with E-state index in [-0.39, 0.29) is 17.8 Å². The molecule has 112 valence electrons. The number of amides is 2. The number of carbonyl (C=O) groups excluding carboxylic acids is 2. The van der Waals surface area contributed by atoms with Gasteiger partial charge in [0.25, 0.3) is 5.91 Å². The van der Waals surface area contributed by atoms with Gasteiger partial charge in [-0.15, -0.1) is 0 Å². The number of piperazine rings is 1. The predicted octanol–water partition coefficient (Wildman–Crippen LogP) is 0.296. The topological polar surface area (TPSA) is 103 Å². The lowest BCUT2D eigenvalue weighted by atomic mass is 10.1. The number of nitrogens with zero attached hydrogens (tertiary/aromatic N) is 2. The van der Waals surface area contributed by atoms with Gasteiger partial charge >= 0.3 is 0 Å². The second-order valence-electron chi connectivity index (χ2n) is 4.92. The van der Waals surface area contributed by atoms with Crippen molar-refractivity contribution in [2.24, 2.45) is 5.73 Å². The summed E-state index contributed by atoms with van der Waals surface area (Å²) in [5, 5.41) is 9.86. The number of anilines is 1. The molecule has 1 aliphatic rings. The number of carbonyl (C=O) groups is 2. The van der Waals surface area contributed by atoms with E-state index in [1.807, 2.05) is 0 Å². The lowest BCUT2D eigenvalue weighted by Crippen LogP contribution is -2.50. The molecule has 1 aromatic rings. The standard InChI is InChI=1S/C14H19N5O2/c1-10(20)18-5-7-19(8-6-18)13(21)11-3-2-4-12(9-11)17-14(15)16/h2-4,9H,5-8H2,1H3,(H4,15,16,17). The zero-order chi connectivity index (χ0) is 15.4. The highest BCUT2D eigenvalue weighted by molar-refractivity contribution is 5.97. The number of rotatable bonds is 2. The average molecular weight is 289 g/mol. The molecule has 0 aliphatic carbocycles. The molecule has 0 spiro atoms. The fraction of sp³-hybridized carbons (Fsp3) is 0.357. The van der Waals surface area contributed by atoms with Crippen LogP contribution in [0.1, 0.15) is 17.3 Å². The first-order chi connectivity index (χ1) is 9.97. The van der Waals surface area contributed by atoms with Gasteiger partial charge in [0, 0.05) is 44.4 Å². The monoisotopic (exact) mass is 289 g/mol. The van der Waals surface area contributed by atoms with Crippen LogP contribution in [0, 0.1) is 5.41 Å². The molecule has 1 heterocycles. The van der Waals surface area contributed by atoms with Crippen LogP contribution in [0.15, 0.2) is 24.3 Å². The van der Waals surface area contributed by atoms with Crippen LogP contribution in [-0.2, 0) is 4.79 Å². The van der Waals surface area contributed by atoms with E-state index in [0.717, 1.165) is 0 Å². The highest BCUT2D eigenvalue weighted by atomic mass is 16.2. The number of nitrogens with one attached hydrogen (secondary N) is 2. The van der Waals surface area contributed by atoms with Crippen molar-refractivity contribution < 1.29 is 9.59 Å². The summed E-state index contributed by atoms with van der Waals surface area (Å²) in [6.45, 7) is 3.72. The number of benzene rings is 1. The molecule has 4 N–H and O–H groups in total. The van der Waals surface area contributed by atoms with E-state index in [1.165, 1.54) is 6.92 Å². The van der Waals surface area contributed by atoms with Crippen molar-refractivity contribution in [1.82, 2.24) is 9.80 Å². The molecule has 0 radical (unpaired) electrons. The summed E-state index contributed by atoms with van der Waals surface area (Å²) in [4.78, 5) is 27.2. The van der Waals surface area contributed by atoms with Gasteiger partial charge in [0.2, 0.25) is 5.91 Å². The van der Waals surface area contributed by atoms with Crippen LogP contribution in [0.25, 0.3) is 0 Å². The highest BCUT2D eigenvalue weighted by Gasteiger charge is 2.23. The van der Waals surface area contributed by atoms with E-state index >= 15 is 0 Å². The van der Waals surface area contributed by atoms with Crippen molar-refractivity contribution in [1.29, 1.82) is 5.41 Å². The van der Waals surface area contributed by atoms with E-state index in [9.17, 15) is 9.59 Å². The molecule has 1 saturated heterocycles. The maximum absolute atomic E-state index is 12.4. The van der Waals surface area contributed by atoms with Crippen molar-refractivity contribution in [3.05, 3.63) is 29.8 Å². The Labute approximate surface area is 123 Å². The summed E-state index contributed by atoms with van der Waals surface area (Å²) >= 11 is 0. The SMILES string of the molecule is CC(=O)N1CCN(C(=O)c2cccc(NC(=N)N)c2)CC1. The Morgan fingerprint density at radius 2 is 1.81 bits per heavy atom. The maximum atomic E-state index is 12.4. The summed E-state index contributed by atoms with van der Waals surface area (Å²) in [5.74, 6) is -0.213. The van der Waals surface area contributed by atoms with Gasteiger partial charge < -0.3 is 20.9 Å². The Morgan fingerprint density at radius 3 is 2.38 bits per heavy atom. The molecule has 0 atom stereocenters. The molecule has 7 nitrogen and oxygen atoms in total. The summed E-state index contributed by atoms with van der Waals surface area (Å²) in [6.07, 6.45) is 0. The largest absolute Gasteiger partial charge is 0.370 e. The number of hydrogen-bond acceptors (Lipinski definition) is 3. The second-order valence-corrected chi connectivity index (χ2v) is 4.92. The van der Waals surface area contributed by atoms with Crippen LogP contribution in [0.5, 0.6) is 0 Å². The molecule has 1 fully saturated rings. The minimum absolute atomic E-state index is 0.0368. The minimum Gasteiger partial charge on any atom is -0.370 e. The van der Waals surface area contributed by atoms with Crippen LogP contribution < -0.4 is 11.1 Å². The molecule has 2 amide bonds. The molecular formula is C14H19N5O2. The average Bonchev–Trinajstić information content (AvgIpc) is 2.46. The summed E-state index contributed by atoms with van der Waals surface area (Å²) < 4.78 is 0. The summed E-state index contributed by atoms with van der Waals surface area (Å²) in [7, 11) is 0. The fourth-order valence-electron chi connectivity index (χ4n) is 2.29. The van der Waals surface area contributed by atoms with Gasteiger partial charge in [0.05, 0.1) is 0 Å². The van der Waals surface area contributed by atoms with Crippen molar-refractivity contribution in [2.75, 3.05) is 31.5 Å². The third-order valence-corrected chi connectivity index (χ3v) is 3.40. The number of nitrogens with two attached hydrogens (primary N) is 1. The fourth-order valence-corrected chi connectivity index (χ4v) is 2.29. The van der Waals surface area contributed by atoms with Gasteiger partial charge in [0.15, 0.2) is 5.96 Å². The molecule has 2 rings (SSSR count). The molecule has 0 aromatic heterocycles. The third kappa shape index (κ3) is 3.71. The van der Waals surface area contributed by atoms with Gasteiger partial charge in [-0.25, -0.2) is 0 Å². The summed E-state index contributed by atoms with van der Waals surface area (Å²) in [6, 6.07) is 6.88. The van der Waals surface area contributed by atoms with Crippen LogP contribution in [-0.4, -0.2) is 53.8 Å². The molecule has 1 aliphatic heterocycles. The van der Waals surface area contributed by atoms with Crippen molar-refractivity contribution in [3.8, 4) is 0 Å². The zero-order valence-electron chi connectivity index (χ0n) is 11.9. The van der Waals surface area contributed by atoms with Gasteiger partial charge in [-0.05, 0) is 18.2 Å². The first-order valence-corrected chi connectivity index (χ1v) is 6.73. The Morgan fingerprint density at radius 1 is 1.19 bits per heavy atom.